The van der Waals surface area contributed by atoms with Gasteiger partial charge in [-0.1, -0.05) is 30.3 Å². The molecular formula is C19H24BN5O7P+. The number of carbonyl (C=O) groups excluding carboxylic acids is 1. The Morgan fingerprint density at radius 2 is 2.21 bits per heavy atom. The fraction of sp³-hybridized carbons (Fsp3) is 0.474. The number of nitrogens with two attached hydrogens (primary N) is 1. The number of aliphatic hydroxyl groups excluding tert-OH is 1. The fourth-order valence-corrected chi connectivity index (χ4v) is 5.53. The Morgan fingerprint density at radius 1 is 1.42 bits per heavy atom. The second kappa shape index (κ2) is 8.84. The minimum absolute atomic E-state index is 0.0418. The molecule has 2 radical (unpaired) electrons. The van der Waals surface area contributed by atoms with E-state index in [9.17, 15) is 9.90 Å². The van der Waals surface area contributed by atoms with Gasteiger partial charge in [0.1, 0.15) is 37.0 Å². The molecule has 5 N–H and O–H groups in total. The van der Waals surface area contributed by atoms with Crippen LogP contribution in [0.3, 0.4) is 0 Å². The molecule has 7 atom stereocenters. The number of nitrogens with one attached hydrogen (secondary N) is 2. The number of carbonyl (C=O) groups is 1. The Kier molecular flexibility index (Phi) is 6.04. The number of esters is 1. The first-order valence-electron chi connectivity index (χ1n) is 10.4. The number of nitrogens with zero attached hydrogens (tertiary/aromatic N) is 2. The van der Waals surface area contributed by atoms with Gasteiger partial charge in [-0.2, -0.15) is 13.6 Å². The molecule has 33 heavy (non-hydrogen) atoms. The van der Waals surface area contributed by atoms with Crippen LogP contribution in [-0.2, 0) is 27.8 Å². The zero-order valence-electron chi connectivity index (χ0n) is 17.7. The van der Waals surface area contributed by atoms with Crippen LogP contribution in [0.25, 0.3) is 0 Å². The van der Waals surface area contributed by atoms with Crippen LogP contribution in [0, 0.1) is 0 Å². The van der Waals surface area contributed by atoms with E-state index in [0.717, 1.165) is 5.56 Å². The van der Waals surface area contributed by atoms with Gasteiger partial charge in [0.15, 0.2) is 12.3 Å². The van der Waals surface area contributed by atoms with Crippen LogP contribution in [0.4, 0.5) is 0 Å². The second-order valence-corrected chi connectivity index (χ2v) is 9.65. The molecular weight excluding hydrogens is 452 g/mol. The van der Waals surface area contributed by atoms with Gasteiger partial charge in [-0.15, -0.1) is 0 Å². The minimum atomic E-state index is -3.32. The molecule has 0 amide bonds. The second-order valence-electron chi connectivity index (χ2n) is 7.84. The van der Waals surface area contributed by atoms with Crippen molar-refractivity contribution in [2.45, 2.75) is 43.8 Å². The largest absolute Gasteiger partial charge is 0.488 e. The molecule has 5 rings (SSSR count). The maximum Gasteiger partial charge on any atom is 0.488 e. The molecule has 14 heteroatoms. The quantitative estimate of drug-likeness (QED) is 0.190. The van der Waals surface area contributed by atoms with E-state index in [0.29, 0.717) is 11.5 Å². The van der Waals surface area contributed by atoms with Crippen LogP contribution in [0.15, 0.2) is 46.8 Å². The van der Waals surface area contributed by atoms with Gasteiger partial charge in [0, 0.05) is 6.92 Å². The molecule has 0 aromatic heterocycles. The Morgan fingerprint density at radius 3 is 2.97 bits per heavy atom. The molecule has 0 aliphatic carbocycles. The highest BCUT2D eigenvalue weighted by Crippen LogP contribution is 2.62. The average Bonchev–Trinajstić information content (AvgIpc) is 3.33. The number of benzene rings is 1. The Labute approximate surface area is 192 Å². The summed E-state index contributed by atoms with van der Waals surface area (Å²) in [7, 11) is 2.79. The van der Waals surface area contributed by atoms with Crippen molar-refractivity contribution < 1.29 is 32.9 Å². The van der Waals surface area contributed by atoms with Crippen molar-refractivity contribution in [2.24, 2.45) is 10.7 Å². The van der Waals surface area contributed by atoms with Gasteiger partial charge in [-0.05, 0) is 5.56 Å². The van der Waals surface area contributed by atoms with E-state index in [4.69, 9.17) is 36.3 Å². The lowest BCUT2D eigenvalue weighted by Gasteiger charge is -2.35. The first-order chi connectivity index (χ1) is 15.9. The maximum atomic E-state index is 11.2. The molecule has 4 aliphatic heterocycles. The highest BCUT2D eigenvalue weighted by Gasteiger charge is 2.60. The monoisotopic (exact) mass is 476 g/mol. The normalized spacial score (nSPS) is 37.2. The summed E-state index contributed by atoms with van der Waals surface area (Å²) in [5, 5.41) is 17.7. The summed E-state index contributed by atoms with van der Waals surface area (Å²) in [6.07, 6.45) is -2.78. The van der Waals surface area contributed by atoms with E-state index < -0.39 is 51.3 Å². The zero-order valence-corrected chi connectivity index (χ0v) is 18.6. The van der Waals surface area contributed by atoms with Crippen LogP contribution in [0.5, 0.6) is 0 Å². The van der Waals surface area contributed by atoms with Gasteiger partial charge in [-0.3, -0.25) is 9.79 Å². The van der Waals surface area contributed by atoms with E-state index in [1.54, 1.807) is 0 Å². The van der Waals surface area contributed by atoms with Crippen LogP contribution in [0.2, 0.25) is 0 Å². The van der Waals surface area contributed by atoms with Crippen molar-refractivity contribution >= 4 is 27.7 Å². The topological polar surface area (TPSA) is 149 Å². The number of ether oxygens (including phenoxy) is 2. The lowest BCUT2D eigenvalue weighted by Crippen LogP contribution is -2.48. The molecule has 4 heterocycles. The summed E-state index contributed by atoms with van der Waals surface area (Å²) >= 11 is 0. The predicted octanol–water partition coefficient (Wildman–Crippen LogP) is -0.440. The molecule has 12 nitrogen and oxygen atoms in total. The van der Waals surface area contributed by atoms with Crippen molar-refractivity contribution in [3.05, 3.63) is 47.4 Å². The molecule has 174 valence electrons. The van der Waals surface area contributed by atoms with Gasteiger partial charge in [0.05, 0.1) is 12.0 Å². The first-order valence-corrected chi connectivity index (χ1v) is 12.0. The Balaban J connectivity index is 1.38. The number of hydrogen-bond donors (Lipinski definition) is 4. The maximum absolute atomic E-state index is 11.2. The van der Waals surface area contributed by atoms with Gasteiger partial charge in [0.25, 0.3) is 0 Å². The highest BCUT2D eigenvalue weighted by molar-refractivity contribution is 7.85. The average molecular weight is 476 g/mol. The third kappa shape index (κ3) is 4.21. The molecule has 2 saturated heterocycles. The van der Waals surface area contributed by atoms with Gasteiger partial charge in [0.2, 0.25) is 6.79 Å². The van der Waals surface area contributed by atoms with Gasteiger partial charge < -0.3 is 35.8 Å². The van der Waals surface area contributed by atoms with Gasteiger partial charge in [-0.25, -0.2) is 0 Å². The molecule has 4 aliphatic rings. The SMILES string of the molecule is [B][P+]1(OCOC(C)=O)OC[C@H]2OC(N3C4=C(NC3c3ccccc3)C(N)N=CN4)C(O)[C@@H]2O1. The molecule has 0 bridgehead atoms. The molecule has 0 spiro atoms. The summed E-state index contributed by atoms with van der Waals surface area (Å²) in [5.41, 5.74) is 7.80. The highest BCUT2D eigenvalue weighted by atomic mass is 31.2. The molecule has 0 saturated carbocycles. The van der Waals surface area contributed by atoms with Crippen LogP contribution in [0.1, 0.15) is 18.7 Å². The smallest absolute Gasteiger partial charge is 0.434 e. The van der Waals surface area contributed by atoms with Crippen LogP contribution >= 0.6 is 7.82 Å². The van der Waals surface area contributed by atoms with E-state index in [1.807, 2.05) is 35.2 Å². The van der Waals surface area contributed by atoms with Crippen LogP contribution in [-0.4, -0.2) is 74.0 Å². The van der Waals surface area contributed by atoms with Crippen molar-refractivity contribution in [2.75, 3.05) is 13.4 Å². The van der Waals surface area contributed by atoms with E-state index in [2.05, 4.69) is 15.6 Å². The summed E-state index contributed by atoms with van der Waals surface area (Å²) in [4.78, 5) is 17.1. The minimum Gasteiger partial charge on any atom is -0.434 e. The van der Waals surface area contributed by atoms with Crippen molar-refractivity contribution in [1.29, 1.82) is 0 Å². The van der Waals surface area contributed by atoms with Crippen LogP contribution < -0.4 is 16.4 Å². The summed E-state index contributed by atoms with van der Waals surface area (Å²) in [5.74, 6) is 0.120. The molecule has 1 aromatic carbocycles. The fourth-order valence-electron chi connectivity index (χ4n) is 4.18. The van der Waals surface area contributed by atoms with E-state index in [1.165, 1.54) is 13.3 Å². The van der Waals surface area contributed by atoms with E-state index >= 15 is 0 Å². The Bertz CT molecular complexity index is 971. The number of aliphatic hydroxyl groups is 1. The van der Waals surface area contributed by atoms with E-state index in [-0.39, 0.29) is 12.8 Å². The summed E-state index contributed by atoms with van der Waals surface area (Å²) in [6, 6.07) is 9.69. The molecule has 5 unspecified atom stereocenters. The van der Waals surface area contributed by atoms with Crippen molar-refractivity contribution in [3.8, 4) is 0 Å². The Hall–Kier alpha value is -2.25. The summed E-state index contributed by atoms with van der Waals surface area (Å²) in [6.45, 7) is 0.871. The lowest BCUT2D eigenvalue weighted by atomic mass is 10.1. The standard InChI is InChI=1S/C19H24BN5O7P/c1-10(26)28-9-30-33(20)29-7-12-15(32-33)14(27)19(31-12)25-17(11-5-3-2-4-6-11)24-13-16(21)22-8-23-18(13)25/h2-6,8,12,14-17,19,24,27H,7,9,21H2,1H3,(H,22,23)/q+1/t12-,14?,15-,16?,17?,19?,33?/m1/s1. The van der Waals surface area contributed by atoms with Crippen molar-refractivity contribution in [1.82, 2.24) is 15.5 Å². The number of fused-ring (bicyclic) bond motifs is 1. The first kappa shape index (κ1) is 22.5. The molecule has 2 fully saturated rings. The van der Waals surface area contributed by atoms with Crippen molar-refractivity contribution in [3.63, 3.8) is 0 Å². The number of rotatable bonds is 5. The number of hydrogen-bond acceptors (Lipinski definition) is 12. The number of aliphatic imine (C=N–C) groups is 1. The van der Waals surface area contributed by atoms with Gasteiger partial charge >= 0.3 is 21.4 Å². The third-order valence-corrected chi connectivity index (χ3v) is 7.21. The predicted molar refractivity (Wildman–Crippen MR) is 117 cm³/mol. The lowest BCUT2D eigenvalue weighted by molar-refractivity contribution is -0.149. The summed E-state index contributed by atoms with van der Waals surface area (Å²) < 4.78 is 27.7. The molecule has 1 aromatic rings. The zero-order chi connectivity index (χ0) is 23.2. The third-order valence-electron chi connectivity index (χ3n) is 5.70.